The molecule has 0 saturated carbocycles. The molecule has 1 rings (SSSR count). The molecule has 0 bridgehead atoms. The summed E-state index contributed by atoms with van der Waals surface area (Å²) in [6.45, 7) is 2.67. The molecule has 0 aliphatic rings. The fourth-order valence-electron chi connectivity index (χ4n) is 1.11. The first-order valence-electron chi connectivity index (χ1n) is 5.04. The van der Waals surface area contributed by atoms with Gasteiger partial charge in [0.15, 0.2) is 0 Å². The fraction of sp³-hybridized carbons (Fsp3) is 0.250. The van der Waals surface area contributed by atoms with Crippen LogP contribution in [0.4, 0.5) is 0 Å². The van der Waals surface area contributed by atoms with E-state index < -0.39 is 0 Å². The molecule has 0 unspecified atom stereocenters. The van der Waals surface area contributed by atoms with Crippen LogP contribution in [-0.4, -0.2) is 12.5 Å². The standard InChI is InChI=1S/C12H13Cl2NO/c1-2-7-15-12(16)6-3-9-8-10(13)4-5-11(9)14/h3-6,8H,2,7H2,1H3,(H,15,16)/b6-3+. The van der Waals surface area contributed by atoms with Crippen molar-refractivity contribution in [3.8, 4) is 0 Å². The predicted molar refractivity (Wildman–Crippen MR) is 68.8 cm³/mol. The Kier molecular flexibility index (Phi) is 5.36. The molecular weight excluding hydrogens is 245 g/mol. The van der Waals surface area contributed by atoms with Gasteiger partial charge in [0.05, 0.1) is 0 Å². The molecule has 1 aromatic carbocycles. The topological polar surface area (TPSA) is 29.1 Å². The van der Waals surface area contributed by atoms with Gasteiger partial charge < -0.3 is 5.32 Å². The zero-order chi connectivity index (χ0) is 12.0. The Labute approximate surface area is 105 Å². The maximum atomic E-state index is 11.3. The summed E-state index contributed by atoms with van der Waals surface area (Å²) in [5.74, 6) is -0.127. The van der Waals surface area contributed by atoms with E-state index in [4.69, 9.17) is 23.2 Å². The first-order chi connectivity index (χ1) is 7.63. The van der Waals surface area contributed by atoms with Crippen LogP contribution in [0.5, 0.6) is 0 Å². The van der Waals surface area contributed by atoms with Gasteiger partial charge >= 0.3 is 0 Å². The van der Waals surface area contributed by atoms with E-state index >= 15 is 0 Å². The lowest BCUT2D eigenvalue weighted by molar-refractivity contribution is -0.116. The third-order valence-corrected chi connectivity index (χ3v) is 2.50. The van der Waals surface area contributed by atoms with Crippen LogP contribution in [0.1, 0.15) is 18.9 Å². The molecule has 1 N–H and O–H groups in total. The lowest BCUT2D eigenvalue weighted by atomic mass is 10.2. The minimum absolute atomic E-state index is 0.127. The number of benzene rings is 1. The molecule has 0 saturated heterocycles. The summed E-state index contributed by atoms with van der Waals surface area (Å²) < 4.78 is 0. The van der Waals surface area contributed by atoms with E-state index in [0.717, 1.165) is 12.0 Å². The minimum Gasteiger partial charge on any atom is -0.353 e. The molecule has 2 nitrogen and oxygen atoms in total. The van der Waals surface area contributed by atoms with Crippen LogP contribution in [0.15, 0.2) is 24.3 Å². The molecule has 0 spiro atoms. The summed E-state index contributed by atoms with van der Waals surface area (Å²) in [4.78, 5) is 11.3. The summed E-state index contributed by atoms with van der Waals surface area (Å²) in [6.07, 6.45) is 4.02. The summed E-state index contributed by atoms with van der Waals surface area (Å²) in [6, 6.07) is 5.12. The van der Waals surface area contributed by atoms with Gasteiger partial charge in [0.25, 0.3) is 0 Å². The zero-order valence-corrected chi connectivity index (χ0v) is 10.5. The van der Waals surface area contributed by atoms with Gasteiger partial charge in [-0.15, -0.1) is 0 Å². The highest BCUT2D eigenvalue weighted by atomic mass is 35.5. The number of carbonyl (C=O) groups is 1. The van der Waals surface area contributed by atoms with Gasteiger partial charge in [-0.3, -0.25) is 4.79 Å². The second-order valence-corrected chi connectivity index (χ2v) is 4.13. The predicted octanol–water partition coefficient (Wildman–Crippen LogP) is 3.53. The summed E-state index contributed by atoms with van der Waals surface area (Å²) in [5, 5.41) is 3.90. The largest absolute Gasteiger partial charge is 0.353 e. The Bertz CT molecular complexity index is 402. The Morgan fingerprint density at radius 3 is 2.88 bits per heavy atom. The second-order valence-electron chi connectivity index (χ2n) is 3.29. The summed E-state index contributed by atoms with van der Waals surface area (Å²) in [5.41, 5.74) is 0.737. The van der Waals surface area contributed by atoms with E-state index in [-0.39, 0.29) is 5.91 Å². The number of amides is 1. The number of hydrogen-bond donors (Lipinski definition) is 1. The van der Waals surface area contributed by atoms with Crippen molar-refractivity contribution in [1.82, 2.24) is 5.32 Å². The van der Waals surface area contributed by atoms with Crippen LogP contribution in [0.2, 0.25) is 10.0 Å². The third kappa shape index (κ3) is 4.25. The van der Waals surface area contributed by atoms with Crippen LogP contribution < -0.4 is 5.32 Å². The zero-order valence-electron chi connectivity index (χ0n) is 8.97. The highest BCUT2D eigenvalue weighted by molar-refractivity contribution is 6.34. The van der Waals surface area contributed by atoms with Crippen LogP contribution >= 0.6 is 23.2 Å². The summed E-state index contributed by atoms with van der Waals surface area (Å²) in [7, 11) is 0. The van der Waals surface area contributed by atoms with E-state index in [1.807, 2.05) is 6.92 Å². The number of carbonyl (C=O) groups excluding carboxylic acids is 1. The molecule has 0 aliphatic carbocycles. The van der Waals surface area contributed by atoms with Crippen molar-refractivity contribution in [1.29, 1.82) is 0 Å². The lowest BCUT2D eigenvalue weighted by Crippen LogP contribution is -2.21. The highest BCUT2D eigenvalue weighted by Crippen LogP contribution is 2.21. The first-order valence-corrected chi connectivity index (χ1v) is 5.80. The van der Waals surface area contributed by atoms with E-state index in [0.29, 0.717) is 16.6 Å². The average Bonchev–Trinajstić information content (AvgIpc) is 2.27. The SMILES string of the molecule is CCCNC(=O)/C=C/c1cc(Cl)ccc1Cl. The number of halogens is 2. The van der Waals surface area contributed by atoms with Crippen molar-refractivity contribution >= 4 is 35.2 Å². The maximum Gasteiger partial charge on any atom is 0.243 e. The first kappa shape index (κ1) is 13.1. The number of rotatable bonds is 4. The lowest BCUT2D eigenvalue weighted by Gasteiger charge is -2.00. The van der Waals surface area contributed by atoms with Gasteiger partial charge in [-0.05, 0) is 36.3 Å². The monoisotopic (exact) mass is 257 g/mol. The van der Waals surface area contributed by atoms with E-state index in [1.54, 1.807) is 24.3 Å². The van der Waals surface area contributed by atoms with Gasteiger partial charge in [0, 0.05) is 22.7 Å². The van der Waals surface area contributed by atoms with Crippen molar-refractivity contribution in [2.45, 2.75) is 13.3 Å². The average molecular weight is 258 g/mol. The fourth-order valence-corrected chi connectivity index (χ4v) is 1.48. The van der Waals surface area contributed by atoms with Crippen molar-refractivity contribution in [2.24, 2.45) is 0 Å². The van der Waals surface area contributed by atoms with E-state index in [1.165, 1.54) is 6.08 Å². The second kappa shape index (κ2) is 6.56. The quantitative estimate of drug-likeness (QED) is 0.822. The molecule has 86 valence electrons. The van der Waals surface area contributed by atoms with Crippen LogP contribution in [0, 0.1) is 0 Å². The van der Waals surface area contributed by atoms with Gasteiger partial charge in [-0.2, -0.15) is 0 Å². The molecule has 16 heavy (non-hydrogen) atoms. The highest BCUT2D eigenvalue weighted by Gasteiger charge is 1.98. The van der Waals surface area contributed by atoms with E-state index in [9.17, 15) is 4.79 Å². The van der Waals surface area contributed by atoms with Gasteiger partial charge in [0.2, 0.25) is 5.91 Å². The Balaban J connectivity index is 2.68. The molecule has 4 heteroatoms. The van der Waals surface area contributed by atoms with Crippen LogP contribution in [0.3, 0.4) is 0 Å². The molecule has 0 atom stereocenters. The Morgan fingerprint density at radius 1 is 1.44 bits per heavy atom. The Morgan fingerprint density at radius 2 is 2.19 bits per heavy atom. The molecular formula is C12H13Cl2NO. The molecule has 0 radical (unpaired) electrons. The van der Waals surface area contributed by atoms with Gasteiger partial charge in [0.1, 0.15) is 0 Å². The molecule has 0 fully saturated rings. The van der Waals surface area contributed by atoms with Crippen molar-refractivity contribution in [3.05, 3.63) is 39.9 Å². The number of nitrogens with one attached hydrogen (secondary N) is 1. The van der Waals surface area contributed by atoms with Crippen molar-refractivity contribution in [2.75, 3.05) is 6.54 Å². The number of hydrogen-bond acceptors (Lipinski definition) is 1. The normalized spacial score (nSPS) is 10.7. The molecule has 0 aromatic heterocycles. The van der Waals surface area contributed by atoms with E-state index in [2.05, 4.69) is 5.32 Å². The molecule has 0 heterocycles. The molecule has 1 aromatic rings. The van der Waals surface area contributed by atoms with Crippen LogP contribution in [-0.2, 0) is 4.79 Å². The van der Waals surface area contributed by atoms with Crippen molar-refractivity contribution < 1.29 is 4.79 Å². The van der Waals surface area contributed by atoms with Crippen molar-refractivity contribution in [3.63, 3.8) is 0 Å². The smallest absolute Gasteiger partial charge is 0.243 e. The Hall–Kier alpha value is -0.990. The van der Waals surface area contributed by atoms with Gasteiger partial charge in [-0.1, -0.05) is 30.1 Å². The maximum absolute atomic E-state index is 11.3. The summed E-state index contributed by atoms with van der Waals surface area (Å²) >= 11 is 11.8. The minimum atomic E-state index is -0.127. The van der Waals surface area contributed by atoms with Gasteiger partial charge in [-0.25, -0.2) is 0 Å². The molecule has 0 aliphatic heterocycles. The molecule has 1 amide bonds. The third-order valence-electron chi connectivity index (χ3n) is 1.92. The van der Waals surface area contributed by atoms with Crippen LogP contribution in [0.25, 0.3) is 6.08 Å².